The van der Waals surface area contributed by atoms with Crippen LogP contribution >= 0.6 is 0 Å². The lowest BCUT2D eigenvalue weighted by atomic mass is 10.1. The van der Waals surface area contributed by atoms with E-state index in [9.17, 15) is 22.8 Å². The first-order valence-corrected chi connectivity index (χ1v) is 12.4. The van der Waals surface area contributed by atoms with Gasteiger partial charge in [0.05, 0.1) is 21.3 Å². The van der Waals surface area contributed by atoms with Gasteiger partial charge in [-0.1, -0.05) is 30.3 Å². The number of piperazine rings is 1. The molecule has 0 unspecified atom stereocenters. The summed E-state index contributed by atoms with van der Waals surface area (Å²) in [5, 5.41) is 10.4. The number of halogens is 3. The summed E-state index contributed by atoms with van der Waals surface area (Å²) in [4.78, 5) is 38.7. The number of carboxylic acids is 1. The molecule has 1 fully saturated rings. The highest BCUT2D eigenvalue weighted by Crippen LogP contribution is 2.38. The summed E-state index contributed by atoms with van der Waals surface area (Å²) in [7, 11) is 4.56. The molecule has 2 N–H and O–H groups in total. The zero-order valence-electron chi connectivity index (χ0n) is 22.6. The molecule has 0 bridgehead atoms. The summed E-state index contributed by atoms with van der Waals surface area (Å²) >= 11 is 0. The first-order chi connectivity index (χ1) is 19.0. The van der Waals surface area contributed by atoms with E-state index in [2.05, 4.69) is 5.32 Å². The minimum absolute atomic E-state index is 0.0684. The van der Waals surface area contributed by atoms with Gasteiger partial charge in [-0.2, -0.15) is 13.2 Å². The van der Waals surface area contributed by atoms with Crippen molar-refractivity contribution in [2.45, 2.75) is 19.0 Å². The number of hydrogen-bond donors (Lipinski definition) is 2. The first kappa shape index (κ1) is 32.2. The van der Waals surface area contributed by atoms with E-state index in [0.29, 0.717) is 55.4 Å². The van der Waals surface area contributed by atoms with E-state index >= 15 is 0 Å². The highest BCUT2D eigenvalue weighted by atomic mass is 19.4. The molecule has 1 aliphatic heterocycles. The van der Waals surface area contributed by atoms with Crippen molar-refractivity contribution in [3.05, 3.63) is 53.6 Å². The molecule has 2 aromatic rings. The van der Waals surface area contributed by atoms with Crippen LogP contribution < -0.4 is 19.5 Å². The molecule has 1 heterocycles. The quantitative estimate of drug-likeness (QED) is 0.449. The van der Waals surface area contributed by atoms with E-state index in [1.165, 1.54) is 21.3 Å². The second-order valence-electron chi connectivity index (χ2n) is 8.63. The van der Waals surface area contributed by atoms with Gasteiger partial charge in [-0.3, -0.25) is 9.59 Å². The van der Waals surface area contributed by atoms with Crippen molar-refractivity contribution in [3.8, 4) is 17.2 Å². The van der Waals surface area contributed by atoms with Gasteiger partial charge in [0.2, 0.25) is 11.7 Å². The number of methoxy groups -OCH3 is 3. The molecule has 0 radical (unpaired) electrons. The van der Waals surface area contributed by atoms with Crippen molar-refractivity contribution in [2.75, 3.05) is 60.6 Å². The number of nitrogens with zero attached hydrogens (tertiary/aromatic N) is 2. The molecule has 1 saturated heterocycles. The maximum atomic E-state index is 13.5. The predicted molar refractivity (Wildman–Crippen MR) is 140 cm³/mol. The smallest absolute Gasteiger partial charge is 0.490 e. The third-order valence-electron chi connectivity index (χ3n) is 6.02. The largest absolute Gasteiger partial charge is 0.493 e. The number of hydrogen-bond acceptors (Lipinski definition) is 7. The molecule has 0 saturated carbocycles. The summed E-state index contributed by atoms with van der Waals surface area (Å²) in [6.07, 6.45) is -4.11. The number of carbonyl (C=O) groups is 3. The van der Waals surface area contributed by atoms with E-state index in [-0.39, 0.29) is 18.2 Å². The number of nitrogens with one attached hydrogen (secondary N) is 1. The van der Waals surface area contributed by atoms with Crippen LogP contribution in [0.3, 0.4) is 0 Å². The van der Waals surface area contributed by atoms with Gasteiger partial charge in [-0.05, 0) is 24.1 Å². The molecular weight excluding hydrogens is 535 g/mol. The summed E-state index contributed by atoms with van der Waals surface area (Å²) in [5.41, 5.74) is 1.56. The molecule has 2 aromatic carbocycles. The highest BCUT2D eigenvalue weighted by molar-refractivity contribution is 5.96. The van der Waals surface area contributed by atoms with Gasteiger partial charge in [0, 0.05) is 51.3 Å². The fourth-order valence-corrected chi connectivity index (χ4v) is 3.91. The van der Waals surface area contributed by atoms with Crippen molar-refractivity contribution < 1.29 is 46.9 Å². The molecule has 220 valence electrons. The first-order valence-electron chi connectivity index (χ1n) is 12.4. The Morgan fingerprint density at radius 3 is 1.98 bits per heavy atom. The summed E-state index contributed by atoms with van der Waals surface area (Å²) < 4.78 is 47.9. The predicted octanol–water partition coefficient (Wildman–Crippen LogP) is 2.85. The van der Waals surface area contributed by atoms with Crippen LogP contribution in [-0.4, -0.2) is 99.5 Å². The molecule has 40 heavy (non-hydrogen) atoms. The minimum Gasteiger partial charge on any atom is -0.493 e. The van der Waals surface area contributed by atoms with E-state index in [0.717, 1.165) is 18.7 Å². The Balaban J connectivity index is 0.000000708. The fraction of sp³-hybridized carbons (Fsp3) is 0.444. The molecule has 2 amide bonds. The number of benzene rings is 2. The Kier molecular flexibility index (Phi) is 12.5. The fourth-order valence-electron chi connectivity index (χ4n) is 3.91. The number of carbonyl (C=O) groups excluding carboxylic acids is 2. The number of aliphatic carboxylic acids is 1. The molecule has 1 aliphatic rings. The van der Waals surface area contributed by atoms with Crippen LogP contribution in [0.2, 0.25) is 0 Å². The standard InChI is InChI=1S/C25H33N3O5.C2HF3O2/c1-31-21-17-20(18-22(32-2)24(21)33-3)25(30)28(13-9-19-7-5-4-6-8-19)14-10-23(29)27-15-11-26-12-16-27;3-2(4,5)1(6)7/h4-8,17-18,26H,9-16H2,1-3H3;(H,6,7). The van der Waals surface area contributed by atoms with Crippen LogP contribution in [0, 0.1) is 0 Å². The lowest BCUT2D eigenvalue weighted by Gasteiger charge is -2.29. The Labute approximate surface area is 230 Å². The second kappa shape index (κ2) is 15.6. The minimum atomic E-state index is -5.08. The Bertz CT molecular complexity index is 1100. The van der Waals surface area contributed by atoms with Gasteiger partial charge < -0.3 is 34.4 Å². The number of rotatable bonds is 10. The van der Waals surface area contributed by atoms with Crippen LogP contribution in [0.25, 0.3) is 0 Å². The van der Waals surface area contributed by atoms with Crippen LogP contribution in [0.5, 0.6) is 17.2 Å². The van der Waals surface area contributed by atoms with E-state index in [1.807, 2.05) is 35.2 Å². The molecule has 0 atom stereocenters. The summed E-state index contributed by atoms with van der Waals surface area (Å²) in [6, 6.07) is 13.3. The lowest BCUT2D eigenvalue weighted by molar-refractivity contribution is -0.192. The maximum Gasteiger partial charge on any atom is 0.490 e. The Morgan fingerprint density at radius 2 is 1.50 bits per heavy atom. The van der Waals surface area contributed by atoms with Crippen LogP contribution in [0.15, 0.2) is 42.5 Å². The van der Waals surface area contributed by atoms with E-state index < -0.39 is 12.1 Å². The molecule has 3 rings (SSSR count). The summed E-state index contributed by atoms with van der Waals surface area (Å²) in [5.74, 6) is -1.61. The van der Waals surface area contributed by atoms with Crippen molar-refractivity contribution in [3.63, 3.8) is 0 Å². The third kappa shape index (κ3) is 9.63. The van der Waals surface area contributed by atoms with E-state index in [4.69, 9.17) is 24.1 Å². The Morgan fingerprint density at radius 1 is 0.950 bits per heavy atom. The zero-order chi connectivity index (χ0) is 29.7. The van der Waals surface area contributed by atoms with Gasteiger partial charge in [-0.25, -0.2) is 4.79 Å². The van der Waals surface area contributed by atoms with Gasteiger partial charge in [0.1, 0.15) is 0 Å². The number of amides is 2. The van der Waals surface area contributed by atoms with Gasteiger partial charge in [0.15, 0.2) is 11.5 Å². The van der Waals surface area contributed by atoms with Crippen molar-refractivity contribution >= 4 is 17.8 Å². The van der Waals surface area contributed by atoms with Crippen molar-refractivity contribution in [2.24, 2.45) is 0 Å². The SMILES string of the molecule is COc1cc(C(=O)N(CCC(=O)N2CCNCC2)CCc2ccccc2)cc(OC)c1OC.O=C(O)C(F)(F)F. The average molecular weight is 570 g/mol. The number of ether oxygens (including phenoxy) is 3. The maximum absolute atomic E-state index is 13.5. The third-order valence-corrected chi connectivity index (χ3v) is 6.02. The average Bonchev–Trinajstić information content (AvgIpc) is 2.96. The number of carboxylic acid groups (broad SMARTS) is 1. The van der Waals surface area contributed by atoms with E-state index in [1.54, 1.807) is 17.0 Å². The van der Waals surface area contributed by atoms with Crippen LogP contribution in [-0.2, 0) is 16.0 Å². The highest BCUT2D eigenvalue weighted by Gasteiger charge is 2.38. The molecule has 0 aliphatic carbocycles. The van der Waals surface area contributed by atoms with Gasteiger partial charge >= 0.3 is 12.1 Å². The topological polar surface area (TPSA) is 118 Å². The molecule has 0 aromatic heterocycles. The van der Waals surface area contributed by atoms with Gasteiger partial charge in [-0.15, -0.1) is 0 Å². The molecule has 13 heteroatoms. The van der Waals surface area contributed by atoms with Crippen LogP contribution in [0.1, 0.15) is 22.3 Å². The zero-order valence-corrected chi connectivity index (χ0v) is 22.6. The summed E-state index contributed by atoms with van der Waals surface area (Å²) in [6.45, 7) is 3.83. The van der Waals surface area contributed by atoms with Gasteiger partial charge in [0.25, 0.3) is 5.91 Å². The molecule has 0 spiro atoms. The van der Waals surface area contributed by atoms with Crippen molar-refractivity contribution in [1.82, 2.24) is 15.1 Å². The lowest BCUT2D eigenvalue weighted by Crippen LogP contribution is -2.47. The normalized spacial score (nSPS) is 13.0. The molecular formula is C27H34F3N3O7. The van der Waals surface area contributed by atoms with Crippen molar-refractivity contribution in [1.29, 1.82) is 0 Å². The number of alkyl halides is 3. The van der Waals surface area contributed by atoms with Crippen LogP contribution in [0.4, 0.5) is 13.2 Å². The monoisotopic (exact) mass is 569 g/mol. The second-order valence-corrected chi connectivity index (χ2v) is 8.63. The molecule has 10 nitrogen and oxygen atoms in total. The Hall–Kier alpha value is -4.00.